The molecule has 0 unspecified atom stereocenters. The molecule has 1 fully saturated rings. The predicted octanol–water partition coefficient (Wildman–Crippen LogP) is 3.60. The van der Waals surface area contributed by atoms with Crippen LogP contribution in [0.15, 0.2) is 72.8 Å². The Hall–Kier alpha value is -5.44. The molecule has 14 nitrogen and oxygen atoms in total. The Labute approximate surface area is 356 Å². The average Bonchev–Trinajstić information content (AvgIpc) is 3.71. The number of nitrogens with one attached hydrogen (secondary N) is 5. The summed E-state index contributed by atoms with van der Waals surface area (Å²) in [4.78, 5) is 95.6. The quantitative estimate of drug-likeness (QED) is 0.0927. The van der Waals surface area contributed by atoms with Crippen LogP contribution in [0.3, 0.4) is 0 Å². The van der Waals surface area contributed by atoms with Crippen LogP contribution in [0.4, 0.5) is 0 Å². The van der Waals surface area contributed by atoms with Gasteiger partial charge >= 0.3 is 5.97 Å². The van der Waals surface area contributed by atoms with Gasteiger partial charge in [-0.05, 0) is 71.4 Å². The maximum atomic E-state index is 14.3. The second-order valence-corrected chi connectivity index (χ2v) is 17.2. The molecule has 0 bridgehead atoms. The Balaban J connectivity index is 1.61. The van der Waals surface area contributed by atoms with E-state index in [0.717, 1.165) is 21.9 Å². The van der Waals surface area contributed by atoms with E-state index in [1.807, 2.05) is 92.9 Å². The highest BCUT2D eigenvalue weighted by molar-refractivity contribution is 7.98. The number of carboxylic acids is 1. The number of thioether (sulfide) groups is 1. The highest BCUT2D eigenvalue weighted by Crippen LogP contribution is 2.20. The summed E-state index contributed by atoms with van der Waals surface area (Å²) >= 11 is 1.45. The molecule has 0 aromatic heterocycles. The number of carbonyl (C=O) groups excluding carboxylic acids is 6. The zero-order valence-electron chi connectivity index (χ0n) is 35.4. The Kier molecular flexibility index (Phi) is 18.0. The van der Waals surface area contributed by atoms with E-state index in [-0.39, 0.29) is 37.5 Å². The highest BCUT2D eigenvalue weighted by atomic mass is 32.2. The number of hydrogen-bond donors (Lipinski definition) is 6. The number of aliphatic carboxylic acids is 1. The molecular weight excluding hydrogens is 785 g/mol. The minimum Gasteiger partial charge on any atom is -0.480 e. The van der Waals surface area contributed by atoms with Gasteiger partial charge in [-0.2, -0.15) is 11.8 Å². The van der Waals surface area contributed by atoms with E-state index in [0.29, 0.717) is 25.1 Å². The molecule has 3 aromatic carbocycles. The predicted molar refractivity (Wildman–Crippen MR) is 233 cm³/mol. The van der Waals surface area contributed by atoms with Crippen LogP contribution in [0.25, 0.3) is 10.8 Å². The van der Waals surface area contributed by atoms with Gasteiger partial charge < -0.3 is 36.6 Å². The van der Waals surface area contributed by atoms with Gasteiger partial charge in [-0.15, -0.1) is 0 Å². The first kappa shape index (κ1) is 47.2. The fourth-order valence-electron chi connectivity index (χ4n) is 7.34. The first-order valence-electron chi connectivity index (χ1n) is 20.6. The molecular formula is C45H60N6O8S. The standard InChI is InChI=1S/C45H60N6O8S/c1-27(2)23-35(40(53)46-34(45(58)59)20-22-60-6)47-41(54)37(26-31-18-19-32-15-10-11-16-33(32)24-31)49-44(57)39(28(3)4)50-42(55)36(25-30-13-8-7-9-14-30)48-43(56)38-17-12-21-51(38)29(5)52/h7-11,13-16,18-19,24,27-28,34-39H,12,17,20-23,25-26H2,1-6H3,(H,46,53)(H,47,54)(H,48,56)(H,49,57)(H,50,55)(H,58,59)/t34-,35-,36-,37-,38-,39-/m0/s1. The molecule has 0 radical (unpaired) electrons. The van der Waals surface area contributed by atoms with Gasteiger partial charge in [-0.3, -0.25) is 28.8 Å². The molecule has 1 saturated heterocycles. The van der Waals surface area contributed by atoms with Crippen molar-refractivity contribution in [3.63, 3.8) is 0 Å². The minimum absolute atomic E-state index is 0.0311. The van der Waals surface area contributed by atoms with Gasteiger partial charge in [0.1, 0.15) is 36.3 Å². The van der Waals surface area contributed by atoms with Crippen molar-refractivity contribution in [2.24, 2.45) is 11.8 Å². The fraction of sp³-hybridized carbons (Fsp3) is 0.489. The number of benzene rings is 3. The Bertz CT molecular complexity index is 1980. The molecule has 1 heterocycles. The third-order valence-electron chi connectivity index (χ3n) is 10.6. The molecule has 324 valence electrons. The second-order valence-electron chi connectivity index (χ2n) is 16.2. The van der Waals surface area contributed by atoms with Gasteiger partial charge in [0.05, 0.1) is 0 Å². The van der Waals surface area contributed by atoms with Gasteiger partial charge in [-0.25, -0.2) is 4.79 Å². The molecule has 60 heavy (non-hydrogen) atoms. The smallest absolute Gasteiger partial charge is 0.326 e. The highest BCUT2D eigenvalue weighted by Gasteiger charge is 2.37. The molecule has 15 heteroatoms. The van der Waals surface area contributed by atoms with E-state index in [9.17, 15) is 38.7 Å². The van der Waals surface area contributed by atoms with E-state index < -0.39 is 77.7 Å². The van der Waals surface area contributed by atoms with Crippen molar-refractivity contribution < 1.29 is 38.7 Å². The van der Waals surface area contributed by atoms with E-state index >= 15 is 0 Å². The number of likely N-dealkylation sites (tertiary alicyclic amines) is 1. The summed E-state index contributed by atoms with van der Waals surface area (Å²) in [6.45, 7) is 9.09. The van der Waals surface area contributed by atoms with Crippen LogP contribution in [0, 0.1) is 11.8 Å². The van der Waals surface area contributed by atoms with Crippen LogP contribution in [-0.4, -0.2) is 106 Å². The van der Waals surface area contributed by atoms with Gasteiger partial charge in [0.2, 0.25) is 35.4 Å². The lowest BCUT2D eigenvalue weighted by Crippen LogP contribution is -2.61. The zero-order chi connectivity index (χ0) is 43.9. The largest absolute Gasteiger partial charge is 0.480 e. The molecule has 6 amide bonds. The minimum atomic E-state index is -1.22. The Morgan fingerprint density at radius 3 is 1.92 bits per heavy atom. The summed E-state index contributed by atoms with van der Waals surface area (Å²) < 4.78 is 0. The summed E-state index contributed by atoms with van der Waals surface area (Å²) in [5.74, 6) is -4.49. The van der Waals surface area contributed by atoms with Gasteiger partial charge in [0.25, 0.3) is 0 Å². The van der Waals surface area contributed by atoms with Gasteiger partial charge in [0, 0.05) is 26.3 Å². The summed E-state index contributed by atoms with van der Waals surface area (Å²) in [5.41, 5.74) is 1.49. The maximum absolute atomic E-state index is 14.3. The molecule has 6 atom stereocenters. The van der Waals surface area contributed by atoms with E-state index in [2.05, 4.69) is 26.6 Å². The van der Waals surface area contributed by atoms with Crippen molar-refractivity contribution in [2.75, 3.05) is 18.6 Å². The van der Waals surface area contributed by atoms with E-state index in [4.69, 9.17) is 0 Å². The Morgan fingerprint density at radius 2 is 1.28 bits per heavy atom. The lowest BCUT2D eigenvalue weighted by atomic mass is 9.97. The zero-order valence-corrected chi connectivity index (χ0v) is 36.2. The number of hydrogen-bond acceptors (Lipinski definition) is 8. The molecule has 1 aliphatic rings. The molecule has 0 saturated carbocycles. The van der Waals surface area contributed by atoms with Crippen molar-refractivity contribution in [3.8, 4) is 0 Å². The second kappa shape index (κ2) is 22.8. The molecule has 6 N–H and O–H groups in total. The molecule has 0 spiro atoms. The third kappa shape index (κ3) is 13.8. The van der Waals surface area contributed by atoms with Gasteiger partial charge in [-0.1, -0.05) is 100 Å². The van der Waals surface area contributed by atoms with Gasteiger partial charge in [0.15, 0.2) is 0 Å². The third-order valence-corrected chi connectivity index (χ3v) is 11.2. The summed E-state index contributed by atoms with van der Waals surface area (Å²) in [7, 11) is 0. The SMILES string of the molecule is CSCC[C@H](NC(=O)[C@H](CC(C)C)NC(=O)[C@H](Cc1ccc2ccccc2c1)NC(=O)[C@@H](NC(=O)[C@H](Cc1ccccc1)NC(=O)[C@@H]1CCCN1C(C)=O)C(C)C)C(=O)O. The lowest BCUT2D eigenvalue weighted by molar-refractivity contribution is -0.142. The number of carboxylic acid groups (broad SMARTS) is 1. The van der Waals surface area contributed by atoms with E-state index in [1.165, 1.54) is 23.6 Å². The van der Waals surface area contributed by atoms with Crippen LogP contribution >= 0.6 is 11.8 Å². The van der Waals surface area contributed by atoms with Crippen molar-refractivity contribution in [1.29, 1.82) is 0 Å². The number of nitrogens with zero attached hydrogens (tertiary/aromatic N) is 1. The van der Waals surface area contributed by atoms with Crippen LogP contribution in [0.5, 0.6) is 0 Å². The average molecular weight is 845 g/mol. The van der Waals surface area contributed by atoms with Crippen molar-refractivity contribution in [3.05, 3.63) is 83.9 Å². The maximum Gasteiger partial charge on any atom is 0.326 e. The van der Waals surface area contributed by atoms with Crippen LogP contribution < -0.4 is 26.6 Å². The van der Waals surface area contributed by atoms with Crippen LogP contribution in [0.1, 0.15) is 71.4 Å². The van der Waals surface area contributed by atoms with Crippen molar-refractivity contribution in [1.82, 2.24) is 31.5 Å². The molecule has 0 aliphatic carbocycles. The summed E-state index contributed by atoms with van der Waals surface area (Å²) in [6, 6.07) is 16.1. The fourth-order valence-corrected chi connectivity index (χ4v) is 7.82. The molecule has 4 rings (SSSR count). The summed E-state index contributed by atoms with van der Waals surface area (Å²) in [6.07, 6.45) is 3.49. The normalized spacial score (nSPS) is 16.3. The van der Waals surface area contributed by atoms with Crippen molar-refractivity contribution in [2.45, 2.75) is 109 Å². The van der Waals surface area contributed by atoms with E-state index in [1.54, 1.807) is 13.8 Å². The van der Waals surface area contributed by atoms with Crippen LogP contribution in [0.2, 0.25) is 0 Å². The molecule has 1 aliphatic heterocycles. The number of rotatable bonds is 21. The van der Waals surface area contributed by atoms with Crippen molar-refractivity contribution >= 4 is 63.9 Å². The number of fused-ring (bicyclic) bond motifs is 1. The number of amides is 6. The first-order valence-corrected chi connectivity index (χ1v) is 22.0. The molecule has 3 aromatic rings. The monoisotopic (exact) mass is 844 g/mol. The first-order chi connectivity index (χ1) is 28.6. The number of carbonyl (C=O) groups is 7. The summed E-state index contributed by atoms with van der Waals surface area (Å²) in [5, 5.41) is 25.6. The lowest BCUT2D eigenvalue weighted by Gasteiger charge is -2.29. The van der Waals surface area contributed by atoms with Crippen LogP contribution in [-0.2, 0) is 46.4 Å². The topological polar surface area (TPSA) is 203 Å². The Morgan fingerprint density at radius 1 is 0.700 bits per heavy atom.